The summed E-state index contributed by atoms with van der Waals surface area (Å²) in [5, 5.41) is 23.3. The molecule has 0 aliphatic carbocycles. The van der Waals surface area contributed by atoms with Crippen molar-refractivity contribution in [1.29, 1.82) is 0 Å². The van der Waals surface area contributed by atoms with Gasteiger partial charge in [-0.15, -0.1) is 0 Å². The molecule has 1 heterocycles. The van der Waals surface area contributed by atoms with Crippen molar-refractivity contribution in [3.63, 3.8) is 0 Å². The lowest BCUT2D eigenvalue weighted by Gasteiger charge is -2.39. The number of carbonyl (C=O) groups is 2. The lowest BCUT2D eigenvalue weighted by molar-refractivity contribution is -0.123. The second kappa shape index (κ2) is 11.3. The Bertz CT molecular complexity index is 1180. The Morgan fingerprint density at radius 1 is 0.861 bits per heavy atom. The number of aliphatic hydroxyl groups excluding tert-OH is 1. The topological polar surface area (TPSA) is 116 Å². The van der Waals surface area contributed by atoms with Crippen LogP contribution in [0.1, 0.15) is 22.5 Å². The van der Waals surface area contributed by atoms with E-state index in [0.29, 0.717) is 5.82 Å². The number of nitrogens with zero attached hydrogens (tertiary/aromatic N) is 2. The van der Waals surface area contributed by atoms with Gasteiger partial charge in [-0.25, -0.2) is 9.78 Å². The van der Waals surface area contributed by atoms with E-state index in [9.17, 15) is 14.7 Å². The standard InChI is InChI=1S/C28H28N4O4/c33-19-17-30-26(34)24(31-27(35)36)20-25-29-16-18-32(25)28(21-10-4-1-5-11-21,22-12-6-2-7-13-22)23-14-8-3-9-15-23/h1-16,18,24,31,33H,17,19-20H2,(H,30,34)(H,35,36). The minimum absolute atomic E-state index is 0.00477. The number of carbonyl (C=O) groups excluding carboxylic acids is 1. The first-order valence-electron chi connectivity index (χ1n) is 11.6. The molecular formula is C28H28N4O4. The number of aromatic nitrogens is 2. The summed E-state index contributed by atoms with van der Waals surface area (Å²) in [4.78, 5) is 28.8. The maximum Gasteiger partial charge on any atom is 0.405 e. The van der Waals surface area contributed by atoms with Crippen molar-refractivity contribution in [2.75, 3.05) is 13.2 Å². The predicted molar refractivity (Wildman–Crippen MR) is 136 cm³/mol. The van der Waals surface area contributed by atoms with E-state index in [1.165, 1.54) is 0 Å². The summed E-state index contributed by atoms with van der Waals surface area (Å²) < 4.78 is 2.00. The molecule has 1 atom stereocenters. The van der Waals surface area contributed by atoms with Crippen molar-refractivity contribution in [2.45, 2.75) is 18.0 Å². The molecule has 4 rings (SSSR count). The van der Waals surface area contributed by atoms with Crippen LogP contribution < -0.4 is 10.6 Å². The Morgan fingerprint density at radius 2 is 1.36 bits per heavy atom. The average molecular weight is 485 g/mol. The van der Waals surface area contributed by atoms with Gasteiger partial charge in [-0.2, -0.15) is 0 Å². The zero-order chi connectivity index (χ0) is 25.4. The van der Waals surface area contributed by atoms with Gasteiger partial charge >= 0.3 is 6.09 Å². The molecule has 0 bridgehead atoms. The first-order chi connectivity index (χ1) is 17.6. The zero-order valence-electron chi connectivity index (χ0n) is 19.6. The molecule has 4 N–H and O–H groups in total. The van der Waals surface area contributed by atoms with E-state index in [4.69, 9.17) is 5.11 Å². The van der Waals surface area contributed by atoms with Crippen molar-refractivity contribution in [3.05, 3.63) is 126 Å². The molecule has 4 aromatic rings. The van der Waals surface area contributed by atoms with Crippen LogP contribution in [-0.2, 0) is 16.8 Å². The summed E-state index contributed by atoms with van der Waals surface area (Å²) in [5.74, 6) is -0.0183. The number of hydrogen-bond donors (Lipinski definition) is 4. The average Bonchev–Trinajstić information content (AvgIpc) is 3.37. The maximum atomic E-state index is 12.7. The SMILES string of the molecule is O=C(O)NC(Cc1nccn1C(c1ccccc1)(c1ccccc1)c1ccccc1)C(=O)NCCO. The van der Waals surface area contributed by atoms with Crippen LogP contribution >= 0.6 is 0 Å². The maximum absolute atomic E-state index is 12.7. The van der Waals surface area contributed by atoms with Gasteiger partial charge in [0.15, 0.2) is 0 Å². The van der Waals surface area contributed by atoms with Crippen LogP contribution in [-0.4, -0.2) is 51.0 Å². The van der Waals surface area contributed by atoms with Crippen LogP contribution in [0, 0.1) is 0 Å². The third-order valence-electron chi connectivity index (χ3n) is 6.07. The molecular weight excluding hydrogens is 456 g/mol. The van der Waals surface area contributed by atoms with E-state index in [1.807, 2.05) is 102 Å². The van der Waals surface area contributed by atoms with Crippen LogP contribution in [0.3, 0.4) is 0 Å². The fourth-order valence-corrected chi connectivity index (χ4v) is 4.59. The van der Waals surface area contributed by atoms with E-state index in [2.05, 4.69) is 15.6 Å². The Balaban J connectivity index is 1.92. The van der Waals surface area contributed by atoms with Crippen molar-refractivity contribution in [3.8, 4) is 0 Å². The number of benzene rings is 3. The lowest BCUT2D eigenvalue weighted by atomic mass is 9.76. The summed E-state index contributed by atoms with van der Waals surface area (Å²) in [6, 6.07) is 28.9. The molecule has 0 fully saturated rings. The first kappa shape index (κ1) is 24.7. The third-order valence-corrected chi connectivity index (χ3v) is 6.07. The summed E-state index contributed by atoms with van der Waals surface area (Å²) in [6.07, 6.45) is 2.19. The molecule has 0 spiro atoms. The molecule has 184 valence electrons. The lowest BCUT2D eigenvalue weighted by Crippen LogP contribution is -2.49. The number of aliphatic hydroxyl groups is 1. The zero-order valence-corrected chi connectivity index (χ0v) is 19.6. The van der Waals surface area contributed by atoms with Gasteiger partial charge in [0.2, 0.25) is 5.91 Å². The van der Waals surface area contributed by atoms with Crippen LogP contribution in [0.25, 0.3) is 0 Å². The van der Waals surface area contributed by atoms with Crippen LogP contribution in [0.15, 0.2) is 103 Å². The van der Waals surface area contributed by atoms with Gasteiger partial charge in [-0.05, 0) is 16.7 Å². The van der Waals surface area contributed by atoms with Gasteiger partial charge in [-0.1, -0.05) is 91.0 Å². The Labute approximate surface area is 209 Å². The number of nitrogens with one attached hydrogen (secondary N) is 2. The number of amides is 2. The van der Waals surface area contributed by atoms with E-state index in [1.54, 1.807) is 6.20 Å². The Morgan fingerprint density at radius 3 is 1.81 bits per heavy atom. The number of hydrogen-bond acceptors (Lipinski definition) is 4. The molecule has 1 unspecified atom stereocenters. The molecule has 36 heavy (non-hydrogen) atoms. The number of rotatable bonds is 10. The van der Waals surface area contributed by atoms with E-state index in [0.717, 1.165) is 16.7 Å². The van der Waals surface area contributed by atoms with Crippen molar-refractivity contribution in [2.24, 2.45) is 0 Å². The molecule has 0 saturated carbocycles. The monoisotopic (exact) mass is 484 g/mol. The third kappa shape index (κ3) is 4.99. The van der Waals surface area contributed by atoms with Crippen LogP contribution in [0.5, 0.6) is 0 Å². The molecule has 8 heteroatoms. The number of carboxylic acid groups (broad SMARTS) is 1. The fraction of sp³-hybridized carbons (Fsp3) is 0.179. The largest absolute Gasteiger partial charge is 0.465 e. The van der Waals surface area contributed by atoms with Crippen molar-refractivity contribution >= 4 is 12.0 Å². The minimum atomic E-state index is -1.32. The molecule has 0 aliphatic rings. The highest BCUT2D eigenvalue weighted by molar-refractivity contribution is 5.85. The first-order valence-corrected chi connectivity index (χ1v) is 11.6. The molecule has 2 amide bonds. The summed E-state index contributed by atoms with van der Waals surface area (Å²) >= 11 is 0. The highest BCUT2D eigenvalue weighted by atomic mass is 16.4. The minimum Gasteiger partial charge on any atom is -0.465 e. The highest BCUT2D eigenvalue weighted by Crippen LogP contribution is 2.41. The predicted octanol–water partition coefficient (Wildman–Crippen LogP) is 3.01. The van der Waals surface area contributed by atoms with Gasteiger partial charge in [0.25, 0.3) is 0 Å². The quantitative estimate of drug-likeness (QED) is 0.258. The van der Waals surface area contributed by atoms with Gasteiger partial charge in [0.05, 0.1) is 6.61 Å². The molecule has 8 nitrogen and oxygen atoms in total. The summed E-state index contributed by atoms with van der Waals surface area (Å²) in [6.45, 7) is -0.230. The van der Waals surface area contributed by atoms with Gasteiger partial charge in [-0.3, -0.25) is 4.79 Å². The van der Waals surface area contributed by atoms with Crippen LogP contribution in [0.4, 0.5) is 4.79 Å². The van der Waals surface area contributed by atoms with E-state index in [-0.39, 0.29) is 19.6 Å². The Hall–Kier alpha value is -4.43. The van der Waals surface area contributed by atoms with Crippen LogP contribution in [0.2, 0.25) is 0 Å². The fourth-order valence-electron chi connectivity index (χ4n) is 4.59. The molecule has 0 saturated heterocycles. The van der Waals surface area contributed by atoms with E-state index >= 15 is 0 Å². The van der Waals surface area contributed by atoms with Crippen molar-refractivity contribution in [1.82, 2.24) is 20.2 Å². The van der Waals surface area contributed by atoms with Crippen molar-refractivity contribution < 1.29 is 19.8 Å². The summed E-state index contributed by atoms with van der Waals surface area (Å²) in [7, 11) is 0. The second-order valence-electron chi connectivity index (χ2n) is 8.24. The smallest absolute Gasteiger partial charge is 0.405 e. The van der Waals surface area contributed by atoms with Gasteiger partial charge < -0.3 is 25.4 Å². The molecule has 3 aromatic carbocycles. The molecule has 1 aromatic heterocycles. The highest BCUT2D eigenvalue weighted by Gasteiger charge is 2.40. The Kier molecular flexibility index (Phi) is 7.77. The molecule has 0 aliphatic heterocycles. The second-order valence-corrected chi connectivity index (χ2v) is 8.24. The van der Waals surface area contributed by atoms with Gasteiger partial charge in [0, 0.05) is 25.4 Å². The number of imidazole rings is 1. The van der Waals surface area contributed by atoms with Gasteiger partial charge in [0.1, 0.15) is 17.4 Å². The summed E-state index contributed by atoms with van der Waals surface area (Å²) in [5.41, 5.74) is 2.10. The van der Waals surface area contributed by atoms with E-state index < -0.39 is 23.6 Å². The molecule has 0 radical (unpaired) electrons. The normalized spacial score (nSPS) is 12.0.